The number of ether oxygens (including phenoxy) is 1. The quantitative estimate of drug-likeness (QED) is 0.706. The van der Waals surface area contributed by atoms with Crippen LogP contribution in [0.2, 0.25) is 0 Å². The molecule has 1 nitrogen and oxygen atoms in total. The maximum atomic E-state index is 5.94. The van der Waals surface area contributed by atoms with E-state index in [1.165, 1.54) is 11.1 Å². The van der Waals surface area contributed by atoms with E-state index in [1.54, 1.807) is 0 Å². The molecule has 0 aliphatic heterocycles. The Morgan fingerprint density at radius 2 is 1.86 bits per heavy atom. The highest BCUT2D eigenvalue weighted by Gasteiger charge is 2.17. The first-order valence-electron chi connectivity index (χ1n) is 5.21. The SMILES string of the molecule is CCC(C)(C)Oc1ccc(C)cc1C. The van der Waals surface area contributed by atoms with Crippen molar-refractivity contribution < 1.29 is 4.74 Å². The molecule has 0 amide bonds. The molecule has 0 saturated heterocycles. The Kier molecular flexibility index (Phi) is 3.20. The van der Waals surface area contributed by atoms with Crippen molar-refractivity contribution >= 4 is 0 Å². The minimum Gasteiger partial charge on any atom is -0.488 e. The molecule has 0 heterocycles. The topological polar surface area (TPSA) is 9.23 Å². The molecular formula is C13H20O. The van der Waals surface area contributed by atoms with Crippen LogP contribution < -0.4 is 4.74 Å². The van der Waals surface area contributed by atoms with Crippen LogP contribution in [-0.2, 0) is 0 Å². The average Bonchev–Trinajstić information content (AvgIpc) is 2.10. The molecule has 0 fully saturated rings. The van der Waals surface area contributed by atoms with Crippen molar-refractivity contribution in [3.05, 3.63) is 29.3 Å². The summed E-state index contributed by atoms with van der Waals surface area (Å²) in [6.07, 6.45) is 1.01. The summed E-state index contributed by atoms with van der Waals surface area (Å²) in [6, 6.07) is 6.30. The first kappa shape index (κ1) is 11.1. The van der Waals surface area contributed by atoms with Gasteiger partial charge in [0, 0.05) is 0 Å². The van der Waals surface area contributed by atoms with Crippen LogP contribution in [0.5, 0.6) is 5.75 Å². The Morgan fingerprint density at radius 3 is 2.36 bits per heavy atom. The molecule has 0 aromatic heterocycles. The minimum absolute atomic E-state index is 0.0694. The summed E-state index contributed by atoms with van der Waals surface area (Å²) in [6.45, 7) is 10.6. The van der Waals surface area contributed by atoms with E-state index in [0.717, 1.165) is 12.2 Å². The number of rotatable bonds is 3. The summed E-state index contributed by atoms with van der Waals surface area (Å²) < 4.78 is 5.94. The first-order valence-corrected chi connectivity index (χ1v) is 5.21. The fourth-order valence-electron chi connectivity index (χ4n) is 1.28. The van der Waals surface area contributed by atoms with Gasteiger partial charge < -0.3 is 4.74 Å². The van der Waals surface area contributed by atoms with Gasteiger partial charge in [0.1, 0.15) is 11.4 Å². The molecule has 78 valence electrons. The van der Waals surface area contributed by atoms with Crippen LogP contribution in [0.1, 0.15) is 38.3 Å². The molecule has 0 N–H and O–H groups in total. The van der Waals surface area contributed by atoms with E-state index in [9.17, 15) is 0 Å². The zero-order valence-electron chi connectivity index (χ0n) is 9.85. The lowest BCUT2D eigenvalue weighted by Gasteiger charge is -2.26. The predicted molar refractivity (Wildman–Crippen MR) is 60.9 cm³/mol. The molecular weight excluding hydrogens is 172 g/mol. The molecule has 0 atom stereocenters. The molecule has 1 aromatic carbocycles. The summed E-state index contributed by atoms with van der Waals surface area (Å²) in [5.41, 5.74) is 2.43. The normalized spacial score (nSPS) is 11.5. The lowest BCUT2D eigenvalue weighted by Crippen LogP contribution is -2.27. The van der Waals surface area contributed by atoms with Crippen molar-refractivity contribution in [3.63, 3.8) is 0 Å². The Hall–Kier alpha value is -0.980. The van der Waals surface area contributed by atoms with Gasteiger partial charge in [0.25, 0.3) is 0 Å². The number of aryl methyl sites for hydroxylation is 2. The maximum absolute atomic E-state index is 5.94. The highest BCUT2D eigenvalue weighted by molar-refractivity contribution is 5.36. The van der Waals surface area contributed by atoms with Crippen LogP contribution in [-0.4, -0.2) is 5.60 Å². The van der Waals surface area contributed by atoms with E-state index in [1.807, 2.05) is 0 Å². The second kappa shape index (κ2) is 4.04. The van der Waals surface area contributed by atoms with E-state index < -0.39 is 0 Å². The van der Waals surface area contributed by atoms with Crippen LogP contribution in [0.3, 0.4) is 0 Å². The Labute approximate surface area is 87.1 Å². The van der Waals surface area contributed by atoms with Crippen molar-refractivity contribution in [1.29, 1.82) is 0 Å². The van der Waals surface area contributed by atoms with Gasteiger partial charge in [0.2, 0.25) is 0 Å². The van der Waals surface area contributed by atoms with Crippen molar-refractivity contribution in [3.8, 4) is 5.75 Å². The zero-order chi connectivity index (χ0) is 10.8. The third-order valence-electron chi connectivity index (χ3n) is 2.57. The summed E-state index contributed by atoms with van der Waals surface area (Å²) in [4.78, 5) is 0. The lowest BCUT2D eigenvalue weighted by atomic mass is 10.1. The third kappa shape index (κ3) is 2.76. The van der Waals surface area contributed by atoms with Crippen LogP contribution in [0.15, 0.2) is 18.2 Å². The van der Waals surface area contributed by atoms with Crippen LogP contribution in [0, 0.1) is 13.8 Å². The Balaban J connectivity index is 2.87. The highest BCUT2D eigenvalue weighted by Crippen LogP contribution is 2.25. The monoisotopic (exact) mass is 192 g/mol. The van der Waals surface area contributed by atoms with Crippen molar-refractivity contribution in [2.75, 3.05) is 0 Å². The molecule has 1 rings (SSSR count). The van der Waals surface area contributed by atoms with E-state index in [2.05, 4.69) is 52.8 Å². The maximum Gasteiger partial charge on any atom is 0.123 e. The summed E-state index contributed by atoms with van der Waals surface area (Å²) in [7, 11) is 0. The second-order valence-corrected chi connectivity index (χ2v) is 4.48. The van der Waals surface area contributed by atoms with E-state index in [-0.39, 0.29) is 5.60 Å². The fourth-order valence-corrected chi connectivity index (χ4v) is 1.28. The number of hydrogen-bond donors (Lipinski definition) is 0. The van der Waals surface area contributed by atoms with Crippen molar-refractivity contribution in [2.24, 2.45) is 0 Å². The molecule has 1 heteroatoms. The van der Waals surface area contributed by atoms with Gasteiger partial charge in [-0.15, -0.1) is 0 Å². The van der Waals surface area contributed by atoms with Crippen LogP contribution in [0.25, 0.3) is 0 Å². The molecule has 0 unspecified atom stereocenters. The second-order valence-electron chi connectivity index (χ2n) is 4.48. The van der Waals surface area contributed by atoms with Gasteiger partial charge >= 0.3 is 0 Å². The molecule has 0 saturated carbocycles. The summed E-state index contributed by atoms with van der Waals surface area (Å²) in [5.74, 6) is 1.00. The number of benzene rings is 1. The van der Waals surface area contributed by atoms with E-state index in [4.69, 9.17) is 4.74 Å². The van der Waals surface area contributed by atoms with E-state index >= 15 is 0 Å². The molecule has 14 heavy (non-hydrogen) atoms. The van der Waals surface area contributed by atoms with Gasteiger partial charge in [0.15, 0.2) is 0 Å². The van der Waals surface area contributed by atoms with Crippen molar-refractivity contribution in [1.82, 2.24) is 0 Å². The zero-order valence-corrected chi connectivity index (χ0v) is 9.85. The van der Waals surface area contributed by atoms with Gasteiger partial charge in [-0.05, 0) is 45.7 Å². The Bertz CT molecular complexity index is 313. The third-order valence-corrected chi connectivity index (χ3v) is 2.57. The first-order chi connectivity index (χ1) is 6.44. The number of hydrogen-bond acceptors (Lipinski definition) is 1. The largest absolute Gasteiger partial charge is 0.488 e. The molecule has 0 radical (unpaired) electrons. The smallest absolute Gasteiger partial charge is 0.123 e. The predicted octanol–water partition coefficient (Wildman–Crippen LogP) is 3.87. The standard InChI is InChI=1S/C13H20O/c1-6-13(4,5)14-12-8-7-10(2)9-11(12)3/h7-9H,6H2,1-5H3. The van der Waals surface area contributed by atoms with Gasteiger partial charge in [-0.2, -0.15) is 0 Å². The molecule has 0 spiro atoms. The molecule has 0 aliphatic rings. The lowest BCUT2D eigenvalue weighted by molar-refractivity contribution is 0.104. The fraction of sp³-hybridized carbons (Fsp3) is 0.538. The molecule has 0 aliphatic carbocycles. The van der Waals surface area contributed by atoms with Crippen LogP contribution in [0.4, 0.5) is 0 Å². The summed E-state index contributed by atoms with van der Waals surface area (Å²) >= 11 is 0. The van der Waals surface area contributed by atoms with Gasteiger partial charge in [0.05, 0.1) is 0 Å². The summed E-state index contributed by atoms with van der Waals surface area (Å²) in [5, 5.41) is 0. The van der Waals surface area contributed by atoms with Crippen LogP contribution >= 0.6 is 0 Å². The van der Waals surface area contributed by atoms with Gasteiger partial charge in [-0.3, -0.25) is 0 Å². The average molecular weight is 192 g/mol. The minimum atomic E-state index is -0.0694. The van der Waals surface area contributed by atoms with Crippen molar-refractivity contribution in [2.45, 2.75) is 46.6 Å². The molecule has 1 aromatic rings. The Morgan fingerprint density at radius 1 is 1.21 bits per heavy atom. The van der Waals surface area contributed by atoms with Gasteiger partial charge in [-0.25, -0.2) is 0 Å². The highest BCUT2D eigenvalue weighted by atomic mass is 16.5. The van der Waals surface area contributed by atoms with Gasteiger partial charge in [-0.1, -0.05) is 24.6 Å². The van der Waals surface area contributed by atoms with E-state index in [0.29, 0.717) is 0 Å². The molecule has 0 bridgehead atoms.